The van der Waals surface area contributed by atoms with E-state index in [1.54, 1.807) is 11.8 Å². The van der Waals surface area contributed by atoms with Crippen molar-refractivity contribution in [3.05, 3.63) is 0 Å². The molecule has 0 radical (unpaired) electrons. The van der Waals surface area contributed by atoms with Crippen LogP contribution in [0, 0.1) is 0 Å². The standard InChI is InChI=1S/C8H18N2OS/c1-8(2,9)6-10-7(11)4-5-12-3/h4-6,9H2,1-3H3,(H,10,11). The van der Waals surface area contributed by atoms with Crippen LogP contribution in [0.25, 0.3) is 0 Å². The van der Waals surface area contributed by atoms with Crippen molar-refractivity contribution in [1.82, 2.24) is 5.32 Å². The van der Waals surface area contributed by atoms with E-state index in [4.69, 9.17) is 5.73 Å². The van der Waals surface area contributed by atoms with Gasteiger partial charge < -0.3 is 11.1 Å². The fraction of sp³-hybridized carbons (Fsp3) is 0.875. The molecule has 0 aliphatic heterocycles. The largest absolute Gasteiger partial charge is 0.354 e. The van der Waals surface area contributed by atoms with Crippen LogP contribution in [0.1, 0.15) is 20.3 Å². The minimum Gasteiger partial charge on any atom is -0.354 e. The highest BCUT2D eigenvalue weighted by Gasteiger charge is 2.11. The molecule has 0 aliphatic carbocycles. The second kappa shape index (κ2) is 5.43. The Bertz CT molecular complexity index is 142. The van der Waals surface area contributed by atoms with Crippen molar-refractivity contribution in [1.29, 1.82) is 0 Å². The predicted molar refractivity (Wildman–Crippen MR) is 54.3 cm³/mol. The Balaban J connectivity index is 3.44. The summed E-state index contributed by atoms with van der Waals surface area (Å²) in [6.45, 7) is 4.32. The number of rotatable bonds is 5. The molecule has 0 heterocycles. The normalized spacial score (nSPS) is 11.3. The number of carbonyl (C=O) groups is 1. The quantitative estimate of drug-likeness (QED) is 0.667. The molecule has 4 heteroatoms. The maximum absolute atomic E-state index is 11.1. The molecule has 0 fully saturated rings. The average molecular weight is 190 g/mol. The Kier molecular flexibility index (Phi) is 5.33. The molecule has 0 spiro atoms. The molecule has 0 saturated heterocycles. The lowest BCUT2D eigenvalue weighted by Crippen LogP contribution is -2.45. The first-order chi connectivity index (χ1) is 5.45. The van der Waals surface area contributed by atoms with Gasteiger partial charge >= 0.3 is 0 Å². The van der Waals surface area contributed by atoms with Crippen LogP contribution >= 0.6 is 11.8 Å². The Morgan fingerprint density at radius 2 is 2.17 bits per heavy atom. The average Bonchev–Trinajstić information content (AvgIpc) is 1.95. The van der Waals surface area contributed by atoms with Crippen molar-refractivity contribution in [2.24, 2.45) is 5.73 Å². The zero-order valence-electron chi connectivity index (χ0n) is 8.02. The fourth-order valence-corrected chi connectivity index (χ4v) is 0.999. The highest BCUT2D eigenvalue weighted by molar-refractivity contribution is 7.98. The van der Waals surface area contributed by atoms with E-state index < -0.39 is 0 Å². The molecule has 0 unspecified atom stereocenters. The Morgan fingerprint density at radius 1 is 1.58 bits per heavy atom. The molecule has 0 bridgehead atoms. The second-order valence-electron chi connectivity index (χ2n) is 3.51. The van der Waals surface area contributed by atoms with E-state index in [1.807, 2.05) is 20.1 Å². The minimum absolute atomic E-state index is 0.0860. The highest BCUT2D eigenvalue weighted by atomic mass is 32.2. The summed E-state index contributed by atoms with van der Waals surface area (Å²) in [7, 11) is 0. The summed E-state index contributed by atoms with van der Waals surface area (Å²) in [6.07, 6.45) is 2.57. The number of hydrogen-bond acceptors (Lipinski definition) is 3. The number of hydrogen-bond donors (Lipinski definition) is 2. The summed E-state index contributed by atoms with van der Waals surface area (Å²) in [5, 5.41) is 2.78. The summed E-state index contributed by atoms with van der Waals surface area (Å²) in [5.74, 6) is 0.958. The smallest absolute Gasteiger partial charge is 0.220 e. The van der Waals surface area contributed by atoms with Crippen molar-refractivity contribution in [2.45, 2.75) is 25.8 Å². The first-order valence-corrected chi connectivity index (χ1v) is 5.39. The summed E-state index contributed by atoms with van der Waals surface area (Å²) in [5.41, 5.74) is 5.38. The van der Waals surface area contributed by atoms with Gasteiger partial charge in [0.05, 0.1) is 0 Å². The lowest BCUT2D eigenvalue weighted by atomic mass is 10.1. The third-order valence-corrected chi connectivity index (χ3v) is 1.89. The molecule has 0 atom stereocenters. The predicted octanol–water partition coefficient (Wildman–Crippen LogP) is 0.593. The molecular formula is C8H18N2OS. The Labute approximate surface area is 78.5 Å². The van der Waals surface area contributed by atoms with Gasteiger partial charge in [-0.1, -0.05) is 0 Å². The van der Waals surface area contributed by atoms with E-state index in [0.717, 1.165) is 5.75 Å². The number of nitrogens with two attached hydrogens (primary N) is 1. The maximum atomic E-state index is 11.1. The number of thioether (sulfide) groups is 1. The van der Waals surface area contributed by atoms with E-state index in [9.17, 15) is 4.79 Å². The van der Waals surface area contributed by atoms with Gasteiger partial charge in [-0.25, -0.2) is 0 Å². The van der Waals surface area contributed by atoms with Crippen molar-refractivity contribution in [3.8, 4) is 0 Å². The zero-order chi connectivity index (χ0) is 9.61. The van der Waals surface area contributed by atoms with E-state index >= 15 is 0 Å². The van der Waals surface area contributed by atoms with Gasteiger partial charge in [-0.2, -0.15) is 11.8 Å². The molecule has 0 aromatic carbocycles. The molecule has 72 valence electrons. The number of amides is 1. The second-order valence-corrected chi connectivity index (χ2v) is 4.49. The molecular weight excluding hydrogens is 172 g/mol. The van der Waals surface area contributed by atoms with Gasteiger partial charge in [-0.15, -0.1) is 0 Å². The molecule has 0 aliphatic rings. The van der Waals surface area contributed by atoms with Crippen LogP contribution < -0.4 is 11.1 Å². The summed E-state index contributed by atoms with van der Waals surface area (Å²) in [6, 6.07) is 0. The monoisotopic (exact) mass is 190 g/mol. The molecule has 0 aromatic rings. The molecule has 0 saturated carbocycles. The van der Waals surface area contributed by atoms with E-state index in [0.29, 0.717) is 13.0 Å². The third-order valence-electron chi connectivity index (χ3n) is 1.27. The maximum Gasteiger partial charge on any atom is 0.220 e. The van der Waals surface area contributed by atoms with E-state index in [-0.39, 0.29) is 11.4 Å². The first kappa shape index (κ1) is 11.8. The first-order valence-electron chi connectivity index (χ1n) is 4.00. The highest BCUT2D eigenvalue weighted by Crippen LogP contribution is 1.96. The molecule has 0 aromatic heterocycles. The van der Waals surface area contributed by atoms with E-state index in [1.165, 1.54) is 0 Å². The van der Waals surface area contributed by atoms with Crippen molar-refractivity contribution in [3.63, 3.8) is 0 Å². The van der Waals surface area contributed by atoms with Crippen LogP contribution in [0.5, 0.6) is 0 Å². The van der Waals surface area contributed by atoms with Crippen LogP contribution in [-0.2, 0) is 4.79 Å². The van der Waals surface area contributed by atoms with Crippen LogP contribution in [0.4, 0.5) is 0 Å². The van der Waals surface area contributed by atoms with Gasteiger partial charge in [-0.05, 0) is 20.1 Å². The molecule has 3 nitrogen and oxygen atoms in total. The van der Waals surface area contributed by atoms with E-state index in [2.05, 4.69) is 5.32 Å². The zero-order valence-corrected chi connectivity index (χ0v) is 8.83. The molecule has 1 amide bonds. The minimum atomic E-state index is -0.310. The third kappa shape index (κ3) is 7.88. The van der Waals surface area contributed by atoms with Crippen molar-refractivity contribution < 1.29 is 4.79 Å². The topological polar surface area (TPSA) is 55.1 Å². The van der Waals surface area contributed by atoms with Gasteiger partial charge in [0.25, 0.3) is 0 Å². The van der Waals surface area contributed by atoms with Crippen LogP contribution in [-0.4, -0.2) is 30.0 Å². The van der Waals surface area contributed by atoms with Crippen molar-refractivity contribution in [2.75, 3.05) is 18.6 Å². The van der Waals surface area contributed by atoms with Gasteiger partial charge in [0.1, 0.15) is 0 Å². The molecule has 0 rings (SSSR count). The molecule has 12 heavy (non-hydrogen) atoms. The summed E-state index contributed by atoms with van der Waals surface area (Å²) >= 11 is 1.67. The van der Waals surface area contributed by atoms with Gasteiger partial charge in [0, 0.05) is 24.3 Å². The van der Waals surface area contributed by atoms with Gasteiger partial charge in [0.2, 0.25) is 5.91 Å². The van der Waals surface area contributed by atoms with Crippen LogP contribution in [0.3, 0.4) is 0 Å². The Hall–Kier alpha value is -0.220. The Morgan fingerprint density at radius 3 is 2.58 bits per heavy atom. The van der Waals surface area contributed by atoms with Crippen LogP contribution in [0.2, 0.25) is 0 Å². The number of nitrogens with one attached hydrogen (secondary N) is 1. The van der Waals surface area contributed by atoms with Gasteiger partial charge in [-0.3, -0.25) is 4.79 Å². The fourth-order valence-electron chi connectivity index (χ4n) is 0.610. The summed E-state index contributed by atoms with van der Waals surface area (Å²) < 4.78 is 0. The number of carbonyl (C=O) groups excluding carboxylic acids is 1. The molecule has 3 N–H and O–H groups in total. The summed E-state index contributed by atoms with van der Waals surface area (Å²) in [4.78, 5) is 11.1. The lowest BCUT2D eigenvalue weighted by molar-refractivity contribution is -0.120. The van der Waals surface area contributed by atoms with Gasteiger partial charge in [0.15, 0.2) is 0 Å². The van der Waals surface area contributed by atoms with Crippen LogP contribution in [0.15, 0.2) is 0 Å². The lowest BCUT2D eigenvalue weighted by Gasteiger charge is -2.18. The van der Waals surface area contributed by atoms with Crippen molar-refractivity contribution >= 4 is 17.7 Å². The SMILES string of the molecule is CSCCC(=O)NCC(C)(C)N.